The summed E-state index contributed by atoms with van der Waals surface area (Å²) in [5, 5.41) is 1.26. The average Bonchev–Trinajstić information content (AvgIpc) is 3.00. The van der Waals surface area contributed by atoms with E-state index in [0.29, 0.717) is 18.2 Å². The van der Waals surface area contributed by atoms with Crippen LogP contribution < -0.4 is 0 Å². The Balaban J connectivity index is 1.26. The molecule has 0 N–H and O–H groups in total. The molecule has 4 nitrogen and oxygen atoms in total. The molecular formula is C21H35N3OS. The summed E-state index contributed by atoms with van der Waals surface area (Å²) in [6, 6.07) is 0.659. The Morgan fingerprint density at radius 3 is 2.58 bits per heavy atom. The number of rotatable bonds is 4. The maximum absolute atomic E-state index is 5.87. The summed E-state index contributed by atoms with van der Waals surface area (Å²) in [6.45, 7) is 12.6. The minimum atomic E-state index is 0.393. The molecule has 5 heteroatoms. The number of aromatic nitrogens is 1. The highest BCUT2D eigenvalue weighted by Gasteiger charge is 2.31. The molecule has 0 spiro atoms. The number of aryl methyl sites for hydroxylation is 2. The molecule has 146 valence electrons. The lowest BCUT2D eigenvalue weighted by Crippen LogP contribution is -2.46. The zero-order chi connectivity index (χ0) is 18.1. The van der Waals surface area contributed by atoms with Gasteiger partial charge in [0.05, 0.1) is 22.9 Å². The molecule has 1 aromatic heterocycles. The Morgan fingerprint density at radius 1 is 1.12 bits per heavy atom. The number of hydrogen-bond acceptors (Lipinski definition) is 5. The third-order valence-corrected chi connectivity index (χ3v) is 7.58. The maximum Gasteiger partial charge on any atom is 0.0900 e. The average molecular weight is 378 g/mol. The molecule has 4 rings (SSSR count). The molecule has 0 bridgehead atoms. The largest absolute Gasteiger partial charge is 0.373 e. The van der Waals surface area contributed by atoms with E-state index in [-0.39, 0.29) is 0 Å². The zero-order valence-electron chi connectivity index (χ0n) is 16.7. The lowest BCUT2D eigenvalue weighted by atomic mass is 9.89. The fourth-order valence-electron chi connectivity index (χ4n) is 5.25. The number of ether oxygens (including phenoxy) is 1. The minimum absolute atomic E-state index is 0.393. The van der Waals surface area contributed by atoms with Crippen LogP contribution in [0, 0.1) is 12.8 Å². The Labute approximate surface area is 162 Å². The number of morpholine rings is 1. The van der Waals surface area contributed by atoms with Crippen LogP contribution in [0.15, 0.2) is 0 Å². The number of fused-ring (bicyclic) bond motifs is 1. The monoisotopic (exact) mass is 377 g/mol. The molecule has 0 radical (unpaired) electrons. The van der Waals surface area contributed by atoms with E-state index in [9.17, 15) is 0 Å². The topological polar surface area (TPSA) is 28.6 Å². The Hall–Kier alpha value is -0.490. The van der Waals surface area contributed by atoms with E-state index >= 15 is 0 Å². The van der Waals surface area contributed by atoms with Crippen LogP contribution in [0.2, 0.25) is 0 Å². The standard InChI is InChI=1S/C21H35N3OS/c1-15-13-23(14-16(2)25-15)10-7-18-8-11-24(12-9-18)20-6-4-5-19-21(20)26-17(3)22-19/h15-16,18,20H,4-14H2,1-3H3/t15-,16-,20+/m0/s1. The van der Waals surface area contributed by atoms with Gasteiger partial charge in [-0.1, -0.05) is 0 Å². The first-order chi connectivity index (χ1) is 12.6. The molecule has 26 heavy (non-hydrogen) atoms. The highest BCUT2D eigenvalue weighted by molar-refractivity contribution is 7.11. The van der Waals surface area contributed by atoms with Crippen LogP contribution in [0.5, 0.6) is 0 Å². The Bertz CT molecular complexity index is 586. The molecule has 3 heterocycles. The summed E-state index contributed by atoms with van der Waals surface area (Å²) in [5.41, 5.74) is 1.40. The van der Waals surface area contributed by atoms with Crippen LogP contribution in [-0.4, -0.2) is 59.7 Å². The minimum Gasteiger partial charge on any atom is -0.373 e. The first kappa shape index (κ1) is 18.9. The summed E-state index contributed by atoms with van der Waals surface area (Å²) >= 11 is 1.95. The van der Waals surface area contributed by atoms with Crippen molar-refractivity contribution in [1.29, 1.82) is 0 Å². The smallest absolute Gasteiger partial charge is 0.0900 e. The van der Waals surface area contributed by atoms with Crippen molar-refractivity contribution in [3.8, 4) is 0 Å². The third kappa shape index (κ3) is 4.32. The van der Waals surface area contributed by atoms with Crippen LogP contribution in [0.1, 0.15) is 67.6 Å². The highest BCUT2D eigenvalue weighted by atomic mass is 32.1. The van der Waals surface area contributed by atoms with E-state index in [2.05, 4.69) is 30.6 Å². The van der Waals surface area contributed by atoms with Crippen LogP contribution in [0.4, 0.5) is 0 Å². The predicted molar refractivity (Wildman–Crippen MR) is 108 cm³/mol. The van der Waals surface area contributed by atoms with Gasteiger partial charge in [-0.2, -0.15) is 0 Å². The number of thiazole rings is 1. The summed E-state index contributed by atoms with van der Waals surface area (Å²) in [4.78, 5) is 11.8. The van der Waals surface area contributed by atoms with Gasteiger partial charge in [-0.25, -0.2) is 4.98 Å². The van der Waals surface area contributed by atoms with Gasteiger partial charge in [0.25, 0.3) is 0 Å². The molecular weight excluding hydrogens is 342 g/mol. The van der Waals surface area contributed by atoms with Crippen molar-refractivity contribution in [1.82, 2.24) is 14.8 Å². The SMILES string of the molecule is Cc1nc2c(s1)[C@H](N1CCC(CCN3C[C@H](C)O[C@@H](C)C3)CC1)CCC2. The molecule has 0 amide bonds. The molecule has 2 saturated heterocycles. The van der Waals surface area contributed by atoms with Crippen LogP contribution in [0.3, 0.4) is 0 Å². The van der Waals surface area contributed by atoms with Gasteiger partial charge in [-0.3, -0.25) is 9.80 Å². The molecule has 1 aromatic rings. The Morgan fingerprint density at radius 2 is 1.85 bits per heavy atom. The second-order valence-electron chi connectivity index (χ2n) is 8.74. The molecule has 3 aliphatic rings. The predicted octanol–water partition coefficient (Wildman–Crippen LogP) is 4.04. The summed E-state index contributed by atoms with van der Waals surface area (Å²) < 4.78 is 5.87. The van der Waals surface area contributed by atoms with Gasteiger partial charge in [0.15, 0.2) is 0 Å². The molecule has 0 saturated carbocycles. The fourth-order valence-corrected chi connectivity index (χ4v) is 6.40. The number of hydrogen-bond donors (Lipinski definition) is 0. The van der Waals surface area contributed by atoms with E-state index in [1.54, 1.807) is 4.88 Å². The number of piperidine rings is 1. The third-order valence-electron chi connectivity index (χ3n) is 6.47. The molecule has 0 aromatic carbocycles. The summed E-state index contributed by atoms with van der Waals surface area (Å²) in [6.07, 6.45) is 8.74. The van der Waals surface area contributed by atoms with Crippen molar-refractivity contribution in [2.45, 2.75) is 77.5 Å². The molecule has 1 aliphatic carbocycles. The Kier molecular flexibility index (Phi) is 5.99. The zero-order valence-corrected chi connectivity index (χ0v) is 17.6. The quantitative estimate of drug-likeness (QED) is 0.792. The number of likely N-dealkylation sites (tertiary alicyclic amines) is 1. The van der Waals surface area contributed by atoms with E-state index in [1.807, 2.05) is 11.3 Å². The van der Waals surface area contributed by atoms with Crippen molar-refractivity contribution in [3.05, 3.63) is 15.6 Å². The first-order valence-electron chi connectivity index (χ1n) is 10.7. The van der Waals surface area contributed by atoms with Crippen LogP contribution in [0.25, 0.3) is 0 Å². The second-order valence-corrected chi connectivity index (χ2v) is 9.97. The lowest BCUT2D eigenvalue weighted by Gasteiger charge is -2.40. The van der Waals surface area contributed by atoms with Gasteiger partial charge in [0.1, 0.15) is 0 Å². The normalized spacial score (nSPS) is 31.9. The van der Waals surface area contributed by atoms with Crippen LogP contribution >= 0.6 is 11.3 Å². The van der Waals surface area contributed by atoms with Crippen molar-refractivity contribution in [3.63, 3.8) is 0 Å². The van der Waals surface area contributed by atoms with E-state index in [0.717, 1.165) is 19.0 Å². The summed E-state index contributed by atoms with van der Waals surface area (Å²) in [5.74, 6) is 0.908. The van der Waals surface area contributed by atoms with Crippen molar-refractivity contribution in [2.75, 3.05) is 32.7 Å². The molecule has 2 aliphatic heterocycles. The van der Waals surface area contributed by atoms with Gasteiger partial charge in [-0.15, -0.1) is 11.3 Å². The molecule has 0 unspecified atom stereocenters. The molecule has 2 fully saturated rings. The molecule has 3 atom stereocenters. The maximum atomic E-state index is 5.87. The van der Waals surface area contributed by atoms with Crippen molar-refractivity contribution < 1.29 is 4.74 Å². The van der Waals surface area contributed by atoms with Gasteiger partial charge in [-0.05, 0) is 84.8 Å². The van der Waals surface area contributed by atoms with Crippen LogP contribution in [-0.2, 0) is 11.2 Å². The summed E-state index contributed by atoms with van der Waals surface area (Å²) in [7, 11) is 0. The fraction of sp³-hybridized carbons (Fsp3) is 0.857. The van der Waals surface area contributed by atoms with Gasteiger partial charge in [0, 0.05) is 24.0 Å². The lowest BCUT2D eigenvalue weighted by molar-refractivity contribution is -0.0694. The van der Waals surface area contributed by atoms with Crippen molar-refractivity contribution in [2.24, 2.45) is 5.92 Å². The second kappa shape index (κ2) is 8.26. The van der Waals surface area contributed by atoms with E-state index in [4.69, 9.17) is 9.72 Å². The van der Waals surface area contributed by atoms with Gasteiger partial charge < -0.3 is 4.74 Å². The van der Waals surface area contributed by atoms with E-state index in [1.165, 1.54) is 68.9 Å². The highest BCUT2D eigenvalue weighted by Crippen LogP contribution is 2.39. The first-order valence-corrected chi connectivity index (χ1v) is 11.5. The number of nitrogens with zero attached hydrogens (tertiary/aromatic N) is 3. The van der Waals surface area contributed by atoms with Crippen molar-refractivity contribution >= 4 is 11.3 Å². The van der Waals surface area contributed by atoms with Gasteiger partial charge >= 0.3 is 0 Å². The van der Waals surface area contributed by atoms with E-state index < -0.39 is 0 Å². The van der Waals surface area contributed by atoms with Gasteiger partial charge in [0.2, 0.25) is 0 Å².